The summed E-state index contributed by atoms with van der Waals surface area (Å²) in [4.78, 5) is 13.3. The number of hydrogen-bond acceptors (Lipinski definition) is 5. The van der Waals surface area contributed by atoms with Crippen molar-refractivity contribution in [2.24, 2.45) is 11.7 Å². The van der Waals surface area contributed by atoms with Gasteiger partial charge in [-0.15, -0.1) is 0 Å². The van der Waals surface area contributed by atoms with Crippen molar-refractivity contribution in [3.63, 3.8) is 0 Å². The van der Waals surface area contributed by atoms with Crippen LogP contribution in [0.15, 0.2) is 12.4 Å². The number of nitrogens with zero attached hydrogens (tertiary/aromatic N) is 4. The predicted octanol–water partition coefficient (Wildman–Crippen LogP) is 1.50. The maximum Gasteiger partial charge on any atom is 0.134 e. The van der Waals surface area contributed by atoms with Crippen LogP contribution in [-0.2, 0) is 0 Å². The molecular weight excluding hydrogens is 238 g/mol. The summed E-state index contributed by atoms with van der Waals surface area (Å²) in [7, 11) is 2.06. The molecule has 1 unspecified atom stereocenters. The molecule has 0 radical (unpaired) electrons. The van der Waals surface area contributed by atoms with E-state index >= 15 is 0 Å². The molecule has 0 aliphatic carbocycles. The minimum Gasteiger partial charge on any atom is -0.360 e. The van der Waals surface area contributed by atoms with Gasteiger partial charge in [0.05, 0.1) is 0 Å². The van der Waals surface area contributed by atoms with Crippen LogP contribution in [0.3, 0.4) is 0 Å². The third-order valence-corrected chi connectivity index (χ3v) is 3.92. The molecule has 0 saturated carbocycles. The van der Waals surface area contributed by atoms with E-state index in [1.54, 1.807) is 6.33 Å². The Hall–Kier alpha value is -1.36. The summed E-state index contributed by atoms with van der Waals surface area (Å²) in [5.41, 5.74) is 5.67. The first-order valence-corrected chi connectivity index (χ1v) is 7.22. The Balaban J connectivity index is 2.08. The first-order valence-electron chi connectivity index (χ1n) is 7.22. The summed E-state index contributed by atoms with van der Waals surface area (Å²) < 4.78 is 0. The van der Waals surface area contributed by atoms with Crippen molar-refractivity contribution in [1.82, 2.24) is 9.97 Å². The molecule has 19 heavy (non-hydrogen) atoms. The van der Waals surface area contributed by atoms with E-state index in [2.05, 4.69) is 39.8 Å². The lowest BCUT2D eigenvalue weighted by atomic mass is 9.95. The first kappa shape index (κ1) is 14.1. The molecular formula is C14H25N5. The SMILES string of the molecule is CCN(C)c1cc(N2CCCC(CCN)C2)ncn1. The second-order valence-corrected chi connectivity index (χ2v) is 5.28. The van der Waals surface area contributed by atoms with Gasteiger partial charge in [0, 0.05) is 32.7 Å². The van der Waals surface area contributed by atoms with Gasteiger partial charge < -0.3 is 15.5 Å². The highest BCUT2D eigenvalue weighted by atomic mass is 15.2. The fourth-order valence-electron chi connectivity index (χ4n) is 2.63. The quantitative estimate of drug-likeness (QED) is 0.872. The average molecular weight is 263 g/mol. The maximum absolute atomic E-state index is 5.67. The summed E-state index contributed by atoms with van der Waals surface area (Å²) in [5, 5.41) is 0. The minimum atomic E-state index is 0.709. The van der Waals surface area contributed by atoms with Crippen LogP contribution in [0.1, 0.15) is 26.2 Å². The zero-order valence-corrected chi connectivity index (χ0v) is 12.0. The predicted molar refractivity (Wildman–Crippen MR) is 79.6 cm³/mol. The zero-order valence-electron chi connectivity index (χ0n) is 12.0. The summed E-state index contributed by atoms with van der Waals surface area (Å²) in [5.74, 6) is 2.75. The van der Waals surface area contributed by atoms with Gasteiger partial charge in [-0.2, -0.15) is 0 Å². The van der Waals surface area contributed by atoms with E-state index in [1.165, 1.54) is 12.8 Å². The largest absolute Gasteiger partial charge is 0.360 e. The standard InChI is InChI=1S/C14H25N5/c1-3-18(2)13-9-14(17-11-16-13)19-8-4-5-12(10-19)6-7-15/h9,11-12H,3-8,10,15H2,1-2H3. The molecule has 1 aliphatic rings. The molecule has 2 rings (SSSR count). The van der Waals surface area contributed by atoms with Gasteiger partial charge in [-0.25, -0.2) is 9.97 Å². The third-order valence-electron chi connectivity index (χ3n) is 3.92. The third kappa shape index (κ3) is 3.56. The second kappa shape index (κ2) is 6.70. The molecule has 1 fully saturated rings. The molecule has 2 heterocycles. The molecule has 1 aliphatic heterocycles. The van der Waals surface area contributed by atoms with Gasteiger partial charge in [0.15, 0.2) is 0 Å². The highest BCUT2D eigenvalue weighted by Gasteiger charge is 2.20. The van der Waals surface area contributed by atoms with Gasteiger partial charge >= 0.3 is 0 Å². The molecule has 1 aromatic heterocycles. The Labute approximate surface area is 115 Å². The van der Waals surface area contributed by atoms with Crippen molar-refractivity contribution < 1.29 is 0 Å². The minimum absolute atomic E-state index is 0.709. The van der Waals surface area contributed by atoms with Crippen molar-refractivity contribution >= 4 is 11.6 Å². The molecule has 1 atom stereocenters. The van der Waals surface area contributed by atoms with Gasteiger partial charge in [-0.1, -0.05) is 0 Å². The fraction of sp³-hybridized carbons (Fsp3) is 0.714. The van der Waals surface area contributed by atoms with Crippen LogP contribution in [0, 0.1) is 5.92 Å². The number of nitrogens with two attached hydrogens (primary N) is 1. The van der Waals surface area contributed by atoms with Gasteiger partial charge in [0.2, 0.25) is 0 Å². The molecule has 1 saturated heterocycles. The molecule has 106 valence electrons. The van der Waals surface area contributed by atoms with Crippen molar-refractivity contribution in [2.75, 3.05) is 43.0 Å². The van der Waals surface area contributed by atoms with Crippen molar-refractivity contribution in [3.05, 3.63) is 12.4 Å². The Bertz CT molecular complexity index is 393. The smallest absolute Gasteiger partial charge is 0.134 e. The van der Waals surface area contributed by atoms with Crippen LogP contribution in [0.4, 0.5) is 11.6 Å². The Kier molecular flexibility index (Phi) is 4.96. The topological polar surface area (TPSA) is 58.3 Å². The maximum atomic E-state index is 5.67. The highest BCUT2D eigenvalue weighted by molar-refractivity contribution is 5.49. The number of anilines is 2. The summed E-state index contributed by atoms with van der Waals surface area (Å²) in [6, 6.07) is 2.09. The van der Waals surface area contributed by atoms with Crippen LogP contribution in [0.2, 0.25) is 0 Å². The number of piperidine rings is 1. The zero-order chi connectivity index (χ0) is 13.7. The molecule has 5 nitrogen and oxygen atoms in total. The van der Waals surface area contributed by atoms with E-state index in [1.807, 2.05) is 0 Å². The van der Waals surface area contributed by atoms with Gasteiger partial charge in [0.25, 0.3) is 0 Å². The number of aromatic nitrogens is 2. The molecule has 0 bridgehead atoms. The van der Waals surface area contributed by atoms with Crippen LogP contribution in [0.5, 0.6) is 0 Å². The molecule has 0 aromatic carbocycles. The highest BCUT2D eigenvalue weighted by Crippen LogP contribution is 2.24. The van der Waals surface area contributed by atoms with E-state index in [9.17, 15) is 0 Å². The average Bonchev–Trinajstić information content (AvgIpc) is 2.47. The Morgan fingerprint density at radius 3 is 3.05 bits per heavy atom. The van der Waals surface area contributed by atoms with Crippen molar-refractivity contribution in [1.29, 1.82) is 0 Å². The van der Waals surface area contributed by atoms with E-state index in [0.717, 1.165) is 44.2 Å². The van der Waals surface area contributed by atoms with E-state index < -0.39 is 0 Å². The second-order valence-electron chi connectivity index (χ2n) is 5.28. The first-order chi connectivity index (χ1) is 9.24. The van der Waals surface area contributed by atoms with Gasteiger partial charge in [-0.3, -0.25) is 0 Å². The Morgan fingerprint density at radius 1 is 1.47 bits per heavy atom. The van der Waals surface area contributed by atoms with Crippen LogP contribution >= 0.6 is 0 Å². The van der Waals surface area contributed by atoms with Crippen LogP contribution in [-0.4, -0.2) is 43.2 Å². The normalized spacial score (nSPS) is 19.5. The summed E-state index contributed by atoms with van der Waals surface area (Å²) >= 11 is 0. The monoisotopic (exact) mass is 263 g/mol. The number of rotatable bonds is 5. The van der Waals surface area contributed by atoms with Crippen LogP contribution < -0.4 is 15.5 Å². The molecule has 5 heteroatoms. The molecule has 0 spiro atoms. The lowest BCUT2D eigenvalue weighted by molar-refractivity contribution is 0.394. The molecule has 1 aromatic rings. The molecule has 2 N–H and O–H groups in total. The fourth-order valence-corrected chi connectivity index (χ4v) is 2.63. The van der Waals surface area contributed by atoms with Gasteiger partial charge in [-0.05, 0) is 38.6 Å². The summed E-state index contributed by atoms with van der Waals surface area (Å²) in [6.45, 7) is 6.02. The van der Waals surface area contributed by atoms with Crippen molar-refractivity contribution in [3.8, 4) is 0 Å². The number of hydrogen-bond donors (Lipinski definition) is 1. The Morgan fingerprint density at radius 2 is 2.32 bits per heavy atom. The lowest BCUT2D eigenvalue weighted by Gasteiger charge is -2.33. The van der Waals surface area contributed by atoms with Gasteiger partial charge in [0.1, 0.15) is 18.0 Å². The van der Waals surface area contributed by atoms with E-state index in [0.29, 0.717) is 5.92 Å². The van der Waals surface area contributed by atoms with E-state index in [4.69, 9.17) is 5.73 Å². The van der Waals surface area contributed by atoms with E-state index in [-0.39, 0.29) is 0 Å². The van der Waals surface area contributed by atoms with Crippen molar-refractivity contribution in [2.45, 2.75) is 26.2 Å². The molecule has 0 amide bonds. The van der Waals surface area contributed by atoms with Crippen LogP contribution in [0.25, 0.3) is 0 Å². The summed E-state index contributed by atoms with van der Waals surface area (Å²) in [6.07, 6.45) is 5.31. The lowest BCUT2D eigenvalue weighted by Crippen LogP contribution is -2.36.